The van der Waals surface area contributed by atoms with Crippen molar-refractivity contribution >= 4 is 11.8 Å². The van der Waals surface area contributed by atoms with Crippen molar-refractivity contribution in [2.24, 2.45) is 0 Å². The highest BCUT2D eigenvalue weighted by Gasteiger charge is 2.07. The minimum absolute atomic E-state index is 0.0495. The van der Waals surface area contributed by atoms with E-state index in [0.717, 1.165) is 0 Å². The second kappa shape index (κ2) is 5.90. The van der Waals surface area contributed by atoms with E-state index in [4.69, 9.17) is 0 Å². The van der Waals surface area contributed by atoms with Gasteiger partial charge in [-0.05, 0) is 25.0 Å². The van der Waals surface area contributed by atoms with Crippen LogP contribution in [0.5, 0.6) is 0 Å². The zero-order valence-corrected chi connectivity index (χ0v) is 9.90. The first-order valence-corrected chi connectivity index (χ1v) is 5.83. The first-order chi connectivity index (χ1) is 8.77. The normalized spacial score (nSPS) is 10.4. The highest BCUT2D eigenvalue weighted by Crippen LogP contribution is 2.04. The first-order valence-electron chi connectivity index (χ1n) is 5.83. The summed E-state index contributed by atoms with van der Waals surface area (Å²) in [6.07, 6.45) is 8.52. The van der Waals surface area contributed by atoms with Crippen molar-refractivity contribution in [2.75, 3.05) is 0 Å². The molecule has 2 heterocycles. The van der Waals surface area contributed by atoms with Gasteiger partial charge in [0.15, 0.2) is 0 Å². The van der Waals surface area contributed by atoms with E-state index >= 15 is 0 Å². The van der Waals surface area contributed by atoms with Gasteiger partial charge in [0.1, 0.15) is 0 Å². The van der Waals surface area contributed by atoms with Gasteiger partial charge in [-0.3, -0.25) is 9.59 Å². The number of nitrogens with zero attached hydrogens (tertiary/aromatic N) is 4. The molecule has 2 aromatic heterocycles. The highest BCUT2D eigenvalue weighted by molar-refractivity contribution is 5.78. The van der Waals surface area contributed by atoms with E-state index in [-0.39, 0.29) is 11.8 Å². The van der Waals surface area contributed by atoms with Crippen LogP contribution in [0.2, 0.25) is 0 Å². The third kappa shape index (κ3) is 3.13. The van der Waals surface area contributed by atoms with E-state index in [1.54, 1.807) is 36.9 Å². The fourth-order valence-corrected chi connectivity index (χ4v) is 1.61. The lowest BCUT2D eigenvalue weighted by atomic mass is 10.2. The Labute approximate surface area is 104 Å². The third-order valence-electron chi connectivity index (χ3n) is 2.55. The second-order valence-corrected chi connectivity index (χ2v) is 3.90. The van der Waals surface area contributed by atoms with E-state index in [9.17, 15) is 9.59 Å². The molecule has 0 N–H and O–H groups in total. The number of unbranched alkanes of at least 4 members (excludes halogenated alkanes) is 1. The summed E-state index contributed by atoms with van der Waals surface area (Å²) in [4.78, 5) is 23.2. The molecule has 0 saturated carbocycles. The molecule has 18 heavy (non-hydrogen) atoms. The fraction of sp³-hybridized carbons (Fsp3) is 0.333. The highest BCUT2D eigenvalue weighted by atomic mass is 16.2. The van der Waals surface area contributed by atoms with Crippen molar-refractivity contribution in [3.8, 4) is 0 Å². The second-order valence-electron chi connectivity index (χ2n) is 3.90. The van der Waals surface area contributed by atoms with Crippen LogP contribution in [0.1, 0.15) is 35.3 Å². The van der Waals surface area contributed by atoms with Gasteiger partial charge < -0.3 is 0 Å². The van der Waals surface area contributed by atoms with Gasteiger partial charge in [0.2, 0.25) is 11.8 Å². The molecule has 94 valence electrons. The summed E-state index contributed by atoms with van der Waals surface area (Å²) in [6, 6.07) is 3.41. The molecule has 0 saturated heterocycles. The largest absolute Gasteiger partial charge is 0.273 e. The Balaban J connectivity index is 1.67. The number of aromatic nitrogens is 4. The SMILES string of the molecule is O=C(CCCCC(=O)n1cccn1)n1cccn1. The molecule has 0 fully saturated rings. The van der Waals surface area contributed by atoms with Crippen molar-refractivity contribution in [2.45, 2.75) is 25.7 Å². The summed E-state index contributed by atoms with van der Waals surface area (Å²) in [5, 5.41) is 7.71. The maximum absolute atomic E-state index is 11.6. The summed E-state index contributed by atoms with van der Waals surface area (Å²) in [6.45, 7) is 0. The number of carbonyl (C=O) groups is 2. The van der Waals surface area contributed by atoms with Gasteiger partial charge in [-0.15, -0.1) is 0 Å². The van der Waals surface area contributed by atoms with Crippen molar-refractivity contribution in [3.63, 3.8) is 0 Å². The average Bonchev–Trinajstić information content (AvgIpc) is 3.05. The Morgan fingerprint density at radius 1 is 0.833 bits per heavy atom. The molecule has 0 bridgehead atoms. The molecule has 0 radical (unpaired) electrons. The van der Waals surface area contributed by atoms with E-state index in [1.165, 1.54) is 9.36 Å². The molecule has 0 aliphatic rings. The van der Waals surface area contributed by atoms with Gasteiger partial charge in [-0.2, -0.15) is 10.2 Å². The van der Waals surface area contributed by atoms with Gasteiger partial charge in [0.25, 0.3) is 0 Å². The third-order valence-corrected chi connectivity index (χ3v) is 2.55. The van der Waals surface area contributed by atoms with Crippen LogP contribution in [0.3, 0.4) is 0 Å². The Kier molecular flexibility index (Phi) is 4.01. The number of hydrogen-bond donors (Lipinski definition) is 0. The maximum Gasteiger partial charge on any atom is 0.246 e. The molecule has 0 aliphatic carbocycles. The molecule has 0 atom stereocenters. The molecule has 2 rings (SSSR count). The van der Waals surface area contributed by atoms with Gasteiger partial charge in [-0.25, -0.2) is 9.36 Å². The zero-order valence-electron chi connectivity index (χ0n) is 9.90. The van der Waals surface area contributed by atoms with E-state index in [0.29, 0.717) is 25.7 Å². The van der Waals surface area contributed by atoms with Crippen LogP contribution in [0.15, 0.2) is 36.9 Å². The summed E-state index contributed by atoms with van der Waals surface area (Å²) in [5.41, 5.74) is 0. The van der Waals surface area contributed by atoms with Gasteiger partial charge in [0.05, 0.1) is 0 Å². The van der Waals surface area contributed by atoms with E-state index in [2.05, 4.69) is 10.2 Å². The van der Waals surface area contributed by atoms with Crippen molar-refractivity contribution in [1.29, 1.82) is 0 Å². The van der Waals surface area contributed by atoms with Crippen LogP contribution in [0.4, 0.5) is 0 Å². The van der Waals surface area contributed by atoms with Crippen LogP contribution in [-0.4, -0.2) is 31.4 Å². The molecule has 0 aromatic carbocycles. The number of rotatable bonds is 5. The molecule has 6 heteroatoms. The smallest absolute Gasteiger partial charge is 0.246 e. The average molecular weight is 246 g/mol. The summed E-state index contributed by atoms with van der Waals surface area (Å²) in [5.74, 6) is -0.0990. The summed E-state index contributed by atoms with van der Waals surface area (Å²) >= 11 is 0. The molecule has 6 nitrogen and oxygen atoms in total. The topological polar surface area (TPSA) is 69.8 Å². The molecule has 0 spiro atoms. The lowest BCUT2D eigenvalue weighted by Gasteiger charge is -2.01. The van der Waals surface area contributed by atoms with Gasteiger partial charge in [0, 0.05) is 37.6 Å². The first kappa shape index (κ1) is 12.2. The van der Waals surface area contributed by atoms with Crippen LogP contribution in [0, 0.1) is 0 Å². The number of carbonyl (C=O) groups excluding carboxylic acids is 2. The molecule has 2 aromatic rings. The van der Waals surface area contributed by atoms with E-state index in [1.807, 2.05) is 0 Å². The molecule has 0 unspecified atom stereocenters. The minimum atomic E-state index is -0.0495. The Bertz CT molecular complexity index is 454. The molecular weight excluding hydrogens is 232 g/mol. The van der Waals surface area contributed by atoms with Crippen molar-refractivity contribution < 1.29 is 9.59 Å². The van der Waals surface area contributed by atoms with Crippen molar-refractivity contribution in [1.82, 2.24) is 19.6 Å². The Morgan fingerprint density at radius 2 is 1.28 bits per heavy atom. The lowest BCUT2D eigenvalue weighted by molar-refractivity contribution is 0.0856. The van der Waals surface area contributed by atoms with E-state index < -0.39 is 0 Å². The Morgan fingerprint density at radius 3 is 1.61 bits per heavy atom. The van der Waals surface area contributed by atoms with Crippen LogP contribution < -0.4 is 0 Å². The summed E-state index contributed by atoms with van der Waals surface area (Å²) < 4.78 is 2.63. The number of hydrogen-bond acceptors (Lipinski definition) is 4. The predicted octanol–water partition coefficient (Wildman–Crippen LogP) is 1.62. The molecular formula is C12H14N4O2. The van der Waals surface area contributed by atoms with Crippen LogP contribution >= 0.6 is 0 Å². The predicted molar refractivity (Wildman–Crippen MR) is 64.2 cm³/mol. The monoisotopic (exact) mass is 246 g/mol. The quantitative estimate of drug-likeness (QED) is 0.752. The summed E-state index contributed by atoms with van der Waals surface area (Å²) in [7, 11) is 0. The maximum atomic E-state index is 11.6. The fourth-order valence-electron chi connectivity index (χ4n) is 1.61. The van der Waals surface area contributed by atoms with Crippen molar-refractivity contribution in [3.05, 3.63) is 36.9 Å². The lowest BCUT2D eigenvalue weighted by Crippen LogP contribution is -2.12. The van der Waals surface area contributed by atoms with Crippen LogP contribution in [0.25, 0.3) is 0 Å². The molecule has 0 amide bonds. The van der Waals surface area contributed by atoms with Crippen LogP contribution in [-0.2, 0) is 0 Å². The van der Waals surface area contributed by atoms with Gasteiger partial charge >= 0.3 is 0 Å². The van der Waals surface area contributed by atoms with Gasteiger partial charge in [-0.1, -0.05) is 0 Å². The Hall–Kier alpha value is -2.24. The minimum Gasteiger partial charge on any atom is -0.273 e. The standard InChI is InChI=1S/C12H14N4O2/c17-11(15-9-3-7-13-15)5-1-2-6-12(18)16-10-4-8-14-16/h3-4,7-10H,1-2,5-6H2. The molecule has 0 aliphatic heterocycles. The zero-order chi connectivity index (χ0) is 12.8.